The van der Waals surface area contributed by atoms with Crippen molar-refractivity contribution in [1.82, 2.24) is 4.90 Å². The lowest BCUT2D eigenvalue weighted by Gasteiger charge is -2.33. The number of rotatable bonds is 10. The van der Waals surface area contributed by atoms with Crippen LogP contribution in [0.1, 0.15) is 67.7 Å². The highest BCUT2D eigenvalue weighted by Crippen LogP contribution is 2.35. The number of Topliss-reactive ketones (excluding diaryl/α,β-unsaturated/α-hetero) is 1. The van der Waals surface area contributed by atoms with Crippen molar-refractivity contribution < 1.29 is 9.59 Å². The summed E-state index contributed by atoms with van der Waals surface area (Å²) in [6.45, 7) is 14.9. The summed E-state index contributed by atoms with van der Waals surface area (Å²) in [5.74, 6) is 1.23. The first kappa shape index (κ1) is 21.8. The maximum absolute atomic E-state index is 12.5. The predicted molar refractivity (Wildman–Crippen MR) is 100 cm³/mol. The fourth-order valence-corrected chi connectivity index (χ4v) is 4.54. The molecule has 0 aromatic rings. The third-order valence-corrected chi connectivity index (χ3v) is 6.49. The summed E-state index contributed by atoms with van der Waals surface area (Å²) < 4.78 is 0.208. The maximum atomic E-state index is 12.5. The first-order chi connectivity index (χ1) is 10.1. The molecule has 0 spiro atoms. The molecule has 0 N–H and O–H groups in total. The molecule has 0 rings (SSSR count). The van der Waals surface area contributed by atoms with Gasteiger partial charge in [-0.25, -0.2) is 0 Å². The molecule has 0 fully saturated rings. The van der Waals surface area contributed by atoms with Crippen LogP contribution in [-0.4, -0.2) is 39.7 Å². The normalized spacial score (nSPS) is 13.3. The monoisotopic (exact) mass is 347 g/mol. The maximum Gasteiger partial charge on any atom is 0.223 e. The molecular formula is C17H33NO2S2. The van der Waals surface area contributed by atoms with E-state index >= 15 is 0 Å². The number of amides is 1. The number of carbonyl (C=O) groups excluding carboxylic acids is 2. The molecule has 0 heterocycles. The highest BCUT2D eigenvalue weighted by Gasteiger charge is 2.29. The SMILES string of the molecule is CCCCC(=O)N(CCSSC(C)(C)C)C(C(C)=O)C(C)C. The highest BCUT2D eigenvalue weighted by atomic mass is 33.1. The van der Waals surface area contributed by atoms with Gasteiger partial charge in [-0.1, -0.05) is 69.6 Å². The molecule has 0 aromatic carbocycles. The van der Waals surface area contributed by atoms with Crippen molar-refractivity contribution >= 4 is 33.3 Å². The van der Waals surface area contributed by atoms with Gasteiger partial charge in [0.25, 0.3) is 0 Å². The van der Waals surface area contributed by atoms with Crippen LogP contribution >= 0.6 is 21.6 Å². The zero-order chi connectivity index (χ0) is 17.3. The van der Waals surface area contributed by atoms with Crippen molar-refractivity contribution in [2.75, 3.05) is 12.3 Å². The smallest absolute Gasteiger partial charge is 0.223 e. The van der Waals surface area contributed by atoms with E-state index in [1.165, 1.54) is 0 Å². The van der Waals surface area contributed by atoms with E-state index in [-0.39, 0.29) is 28.4 Å². The molecule has 1 unspecified atom stereocenters. The molecule has 0 aliphatic heterocycles. The van der Waals surface area contributed by atoms with Gasteiger partial charge in [0, 0.05) is 23.5 Å². The third kappa shape index (κ3) is 9.09. The van der Waals surface area contributed by atoms with Gasteiger partial charge in [-0.15, -0.1) is 0 Å². The molecule has 1 atom stereocenters. The summed E-state index contributed by atoms with van der Waals surface area (Å²) in [5, 5.41) is 0. The van der Waals surface area contributed by atoms with Gasteiger partial charge in [0.2, 0.25) is 5.91 Å². The second-order valence-corrected chi connectivity index (χ2v) is 10.3. The summed E-state index contributed by atoms with van der Waals surface area (Å²) in [4.78, 5) is 26.3. The molecular weight excluding hydrogens is 314 g/mol. The predicted octanol–water partition coefficient (Wildman–Crippen LogP) is 4.80. The molecule has 0 saturated heterocycles. The molecule has 0 aliphatic carbocycles. The summed E-state index contributed by atoms with van der Waals surface area (Å²) in [6, 6.07) is -0.287. The molecule has 22 heavy (non-hydrogen) atoms. The molecule has 0 bridgehead atoms. The lowest BCUT2D eigenvalue weighted by molar-refractivity contribution is -0.140. The second kappa shape index (κ2) is 10.6. The van der Waals surface area contributed by atoms with Crippen molar-refractivity contribution in [3.05, 3.63) is 0 Å². The lowest BCUT2D eigenvalue weighted by atomic mass is 9.98. The van der Waals surface area contributed by atoms with Gasteiger partial charge in [-0.05, 0) is 19.3 Å². The molecule has 0 aromatic heterocycles. The van der Waals surface area contributed by atoms with E-state index in [1.54, 1.807) is 17.7 Å². The van der Waals surface area contributed by atoms with Gasteiger partial charge < -0.3 is 4.90 Å². The Morgan fingerprint density at radius 2 is 1.77 bits per heavy atom. The Bertz CT molecular complexity index is 351. The molecule has 3 nitrogen and oxygen atoms in total. The van der Waals surface area contributed by atoms with E-state index < -0.39 is 0 Å². The van der Waals surface area contributed by atoms with Crippen LogP contribution < -0.4 is 0 Å². The minimum Gasteiger partial charge on any atom is -0.332 e. The number of hydrogen-bond donors (Lipinski definition) is 0. The number of carbonyl (C=O) groups is 2. The average molecular weight is 348 g/mol. The Morgan fingerprint density at radius 1 is 1.18 bits per heavy atom. The van der Waals surface area contributed by atoms with Crippen LogP contribution in [0.25, 0.3) is 0 Å². The van der Waals surface area contributed by atoms with Gasteiger partial charge in [-0.2, -0.15) is 0 Å². The van der Waals surface area contributed by atoms with Gasteiger partial charge in [0.15, 0.2) is 5.78 Å². The first-order valence-electron chi connectivity index (χ1n) is 8.20. The largest absolute Gasteiger partial charge is 0.332 e. The van der Waals surface area contributed by atoms with Crippen LogP contribution in [0, 0.1) is 5.92 Å². The van der Waals surface area contributed by atoms with Crippen LogP contribution in [0.3, 0.4) is 0 Å². The van der Waals surface area contributed by atoms with Crippen LogP contribution in [-0.2, 0) is 9.59 Å². The van der Waals surface area contributed by atoms with E-state index in [0.717, 1.165) is 18.6 Å². The zero-order valence-corrected chi connectivity index (χ0v) is 16.9. The van der Waals surface area contributed by atoms with E-state index in [0.29, 0.717) is 13.0 Å². The van der Waals surface area contributed by atoms with Crippen molar-refractivity contribution in [3.63, 3.8) is 0 Å². The fourth-order valence-electron chi connectivity index (χ4n) is 2.29. The molecule has 0 radical (unpaired) electrons. The standard InChI is InChI=1S/C17H33NO2S2/c1-8-9-10-15(20)18(16(13(2)3)14(4)19)11-12-21-22-17(5,6)7/h13,16H,8-12H2,1-7H3. The Kier molecular flexibility index (Phi) is 10.5. The van der Waals surface area contributed by atoms with Crippen LogP contribution in [0.4, 0.5) is 0 Å². The van der Waals surface area contributed by atoms with Crippen LogP contribution in [0.2, 0.25) is 0 Å². The van der Waals surface area contributed by atoms with E-state index in [9.17, 15) is 9.59 Å². The molecule has 0 saturated carbocycles. The third-order valence-electron chi connectivity index (χ3n) is 3.17. The number of nitrogens with zero attached hydrogens (tertiary/aromatic N) is 1. The molecule has 0 aliphatic rings. The summed E-state index contributed by atoms with van der Waals surface area (Å²) in [7, 11) is 3.61. The van der Waals surface area contributed by atoms with Gasteiger partial charge in [-0.3, -0.25) is 9.59 Å². The second-order valence-electron chi connectivity index (χ2n) is 7.01. The van der Waals surface area contributed by atoms with E-state index in [4.69, 9.17) is 0 Å². The topological polar surface area (TPSA) is 37.4 Å². The van der Waals surface area contributed by atoms with E-state index in [2.05, 4.69) is 27.7 Å². The first-order valence-corrected chi connectivity index (χ1v) is 10.5. The van der Waals surface area contributed by atoms with Crippen LogP contribution in [0.5, 0.6) is 0 Å². The number of hydrogen-bond acceptors (Lipinski definition) is 4. The van der Waals surface area contributed by atoms with Gasteiger partial charge >= 0.3 is 0 Å². The number of ketones is 1. The molecule has 5 heteroatoms. The van der Waals surface area contributed by atoms with Crippen molar-refractivity contribution in [3.8, 4) is 0 Å². The summed E-state index contributed by atoms with van der Waals surface area (Å²) in [5.41, 5.74) is 0. The minimum absolute atomic E-state index is 0.0910. The Balaban J connectivity index is 4.78. The molecule has 1 amide bonds. The van der Waals surface area contributed by atoms with Gasteiger partial charge in [0.05, 0.1) is 6.04 Å². The minimum atomic E-state index is -0.287. The van der Waals surface area contributed by atoms with Crippen LogP contribution in [0.15, 0.2) is 0 Å². The van der Waals surface area contributed by atoms with E-state index in [1.807, 2.05) is 29.5 Å². The Hall–Kier alpha value is -0.160. The van der Waals surface area contributed by atoms with Crippen molar-refractivity contribution in [2.24, 2.45) is 5.92 Å². The van der Waals surface area contributed by atoms with Gasteiger partial charge in [0.1, 0.15) is 0 Å². The number of unbranched alkanes of at least 4 members (excludes halogenated alkanes) is 1. The highest BCUT2D eigenvalue weighted by molar-refractivity contribution is 8.77. The Labute approximate surface area is 144 Å². The van der Waals surface area contributed by atoms with Crippen molar-refractivity contribution in [2.45, 2.75) is 78.5 Å². The fraction of sp³-hybridized carbons (Fsp3) is 0.882. The van der Waals surface area contributed by atoms with Crippen molar-refractivity contribution in [1.29, 1.82) is 0 Å². The summed E-state index contributed by atoms with van der Waals surface area (Å²) >= 11 is 0. The quantitative estimate of drug-likeness (QED) is 0.420. The zero-order valence-electron chi connectivity index (χ0n) is 15.3. The lowest BCUT2D eigenvalue weighted by Crippen LogP contribution is -2.48. The summed E-state index contributed by atoms with van der Waals surface area (Å²) in [6.07, 6.45) is 2.44. The average Bonchev–Trinajstić information content (AvgIpc) is 2.37. The molecule has 130 valence electrons. The Morgan fingerprint density at radius 3 is 2.18 bits per heavy atom.